The van der Waals surface area contributed by atoms with Gasteiger partial charge in [-0.2, -0.15) is 11.3 Å². The first-order valence-corrected chi connectivity index (χ1v) is 7.07. The normalized spacial score (nSPS) is 32.3. The highest BCUT2D eigenvalue weighted by Gasteiger charge is 2.34. The highest BCUT2D eigenvalue weighted by atomic mass is 32.2. The Balaban J connectivity index is 1.97. The van der Waals surface area contributed by atoms with Crippen molar-refractivity contribution in [3.63, 3.8) is 0 Å². The molecule has 1 aromatic heterocycles. The summed E-state index contributed by atoms with van der Waals surface area (Å²) in [7, 11) is 0. The van der Waals surface area contributed by atoms with Gasteiger partial charge in [0, 0.05) is 18.2 Å². The first kappa shape index (κ1) is 10.5. The summed E-state index contributed by atoms with van der Waals surface area (Å²) in [5.74, 6) is 1.26. The summed E-state index contributed by atoms with van der Waals surface area (Å²) in [6.45, 7) is 4.58. The van der Waals surface area contributed by atoms with Crippen LogP contribution in [-0.4, -0.2) is 16.7 Å². The highest BCUT2D eigenvalue weighted by Crippen LogP contribution is 2.34. The van der Waals surface area contributed by atoms with Crippen LogP contribution >= 0.6 is 23.1 Å². The van der Waals surface area contributed by atoms with Crippen molar-refractivity contribution in [1.29, 1.82) is 0 Å². The van der Waals surface area contributed by atoms with Gasteiger partial charge in [0.05, 0.1) is 4.87 Å². The molecule has 2 heterocycles. The lowest BCUT2D eigenvalue weighted by Gasteiger charge is -2.24. The molecule has 3 heteroatoms. The molecule has 0 bridgehead atoms. The molecule has 1 aliphatic rings. The average molecular weight is 227 g/mol. The van der Waals surface area contributed by atoms with Crippen molar-refractivity contribution in [1.82, 2.24) is 5.32 Å². The molecule has 0 aromatic carbocycles. The van der Waals surface area contributed by atoms with E-state index < -0.39 is 0 Å². The van der Waals surface area contributed by atoms with Gasteiger partial charge in [-0.1, -0.05) is 6.92 Å². The largest absolute Gasteiger partial charge is 0.299 e. The van der Waals surface area contributed by atoms with Crippen LogP contribution in [0, 0.1) is 0 Å². The molecule has 14 heavy (non-hydrogen) atoms. The third-order valence-corrected chi connectivity index (χ3v) is 4.93. The molecule has 0 spiro atoms. The Hall–Kier alpha value is 0.01000. The van der Waals surface area contributed by atoms with Gasteiger partial charge >= 0.3 is 0 Å². The van der Waals surface area contributed by atoms with Crippen LogP contribution in [0.5, 0.6) is 0 Å². The molecule has 0 aliphatic carbocycles. The van der Waals surface area contributed by atoms with Crippen LogP contribution in [-0.2, 0) is 6.42 Å². The van der Waals surface area contributed by atoms with Crippen LogP contribution < -0.4 is 5.32 Å². The van der Waals surface area contributed by atoms with E-state index in [2.05, 4.69) is 47.8 Å². The van der Waals surface area contributed by atoms with E-state index in [4.69, 9.17) is 0 Å². The quantitative estimate of drug-likeness (QED) is 0.851. The Morgan fingerprint density at radius 1 is 1.64 bits per heavy atom. The van der Waals surface area contributed by atoms with Crippen LogP contribution in [0.1, 0.15) is 25.8 Å². The molecular formula is C11H17NS2. The minimum atomic E-state index is 0.266. The Morgan fingerprint density at radius 2 is 2.50 bits per heavy atom. The van der Waals surface area contributed by atoms with E-state index in [1.165, 1.54) is 17.7 Å². The van der Waals surface area contributed by atoms with Crippen LogP contribution in [0.15, 0.2) is 16.8 Å². The lowest BCUT2D eigenvalue weighted by atomic mass is 10.1. The van der Waals surface area contributed by atoms with Gasteiger partial charge in [-0.15, -0.1) is 11.8 Å². The molecule has 1 aliphatic heterocycles. The van der Waals surface area contributed by atoms with Gasteiger partial charge in [-0.25, -0.2) is 0 Å². The Labute approximate surface area is 94.3 Å². The molecule has 1 nitrogen and oxygen atoms in total. The van der Waals surface area contributed by atoms with Gasteiger partial charge < -0.3 is 0 Å². The zero-order valence-electron chi connectivity index (χ0n) is 8.75. The summed E-state index contributed by atoms with van der Waals surface area (Å²) in [5, 5.41) is 8.14. The summed E-state index contributed by atoms with van der Waals surface area (Å²) >= 11 is 3.86. The lowest BCUT2D eigenvalue weighted by molar-refractivity contribution is 0.455. The van der Waals surface area contributed by atoms with Gasteiger partial charge in [0.1, 0.15) is 0 Å². The predicted octanol–water partition coefficient (Wildman–Crippen LogP) is 3.12. The van der Waals surface area contributed by atoms with E-state index in [1.54, 1.807) is 11.3 Å². The van der Waals surface area contributed by atoms with Crippen molar-refractivity contribution in [2.45, 2.75) is 37.6 Å². The van der Waals surface area contributed by atoms with Crippen molar-refractivity contribution >= 4 is 23.1 Å². The number of thioether (sulfide) groups is 1. The maximum Gasteiger partial charge on any atom is 0.0660 e. The maximum absolute atomic E-state index is 3.72. The maximum atomic E-state index is 3.72. The second-order valence-corrected chi connectivity index (χ2v) is 6.40. The van der Waals surface area contributed by atoms with Crippen LogP contribution in [0.3, 0.4) is 0 Å². The fourth-order valence-corrected chi connectivity index (χ4v) is 3.98. The van der Waals surface area contributed by atoms with E-state index in [0.29, 0.717) is 6.04 Å². The first-order valence-electron chi connectivity index (χ1n) is 5.14. The van der Waals surface area contributed by atoms with Crippen LogP contribution in [0.25, 0.3) is 0 Å². The van der Waals surface area contributed by atoms with Gasteiger partial charge in [0.2, 0.25) is 0 Å². The molecule has 2 atom stereocenters. The molecule has 1 fully saturated rings. The Bertz CT molecular complexity index is 283. The van der Waals surface area contributed by atoms with Crippen molar-refractivity contribution < 1.29 is 0 Å². The average Bonchev–Trinajstić information content (AvgIpc) is 2.76. The summed E-state index contributed by atoms with van der Waals surface area (Å²) in [4.78, 5) is 0.266. The summed E-state index contributed by atoms with van der Waals surface area (Å²) in [6, 6.07) is 2.95. The number of hydrogen-bond acceptors (Lipinski definition) is 3. The van der Waals surface area contributed by atoms with Crippen molar-refractivity contribution in [2.75, 3.05) is 5.75 Å². The molecule has 2 unspecified atom stereocenters. The smallest absolute Gasteiger partial charge is 0.0660 e. The Kier molecular flexibility index (Phi) is 3.20. The third kappa shape index (κ3) is 2.33. The van der Waals surface area contributed by atoms with Gasteiger partial charge in [-0.05, 0) is 35.7 Å². The van der Waals surface area contributed by atoms with Crippen LogP contribution in [0.4, 0.5) is 0 Å². The zero-order chi connectivity index (χ0) is 10.0. The van der Waals surface area contributed by atoms with Crippen molar-refractivity contribution in [2.24, 2.45) is 0 Å². The van der Waals surface area contributed by atoms with E-state index in [-0.39, 0.29) is 4.87 Å². The standard InChI is InChI=1S/C11H17NS2/c1-3-10-8-14-11(2,12-10)6-9-4-5-13-7-9/h4-5,7,10,12H,3,6,8H2,1-2H3. The van der Waals surface area contributed by atoms with E-state index in [1.807, 2.05) is 0 Å². The summed E-state index contributed by atoms with van der Waals surface area (Å²) < 4.78 is 0. The SMILES string of the molecule is CCC1CSC(C)(Cc2ccsc2)N1. The molecule has 78 valence electrons. The zero-order valence-corrected chi connectivity index (χ0v) is 10.4. The molecule has 2 rings (SSSR count). The molecule has 1 N–H and O–H groups in total. The minimum absolute atomic E-state index is 0.266. The van der Waals surface area contributed by atoms with Crippen LogP contribution in [0.2, 0.25) is 0 Å². The monoisotopic (exact) mass is 227 g/mol. The fraction of sp³-hybridized carbons (Fsp3) is 0.636. The third-order valence-electron chi connectivity index (χ3n) is 2.73. The minimum Gasteiger partial charge on any atom is -0.299 e. The molecule has 1 saturated heterocycles. The number of nitrogens with one attached hydrogen (secondary N) is 1. The predicted molar refractivity (Wildman–Crippen MR) is 66.1 cm³/mol. The number of rotatable bonds is 3. The van der Waals surface area contributed by atoms with E-state index >= 15 is 0 Å². The second kappa shape index (κ2) is 4.25. The topological polar surface area (TPSA) is 12.0 Å². The molecule has 0 radical (unpaired) electrons. The number of thiophene rings is 1. The molecule has 0 amide bonds. The fourth-order valence-electron chi connectivity index (χ4n) is 1.90. The van der Waals surface area contributed by atoms with E-state index in [0.717, 1.165) is 6.42 Å². The molecule has 0 saturated carbocycles. The highest BCUT2D eigenvalue weighted by molar-refractivity contribution is 8.00. The first-order chi connectivity index (χ1) is 6.72. The van der Waals surface area contributed by atoms with E-state index in [9.17, 15) is 0 Å². The molecule has 1 aromatic rings. The van der Waals surface area contributed by atoms with Crippen molar-refractivity contribution in [3.8, 4) is 0 Å². The lowest BCUT2D eigenvalue weighted by Crippen LogP contribution is -2.40. The van der Waals surface area contributed by atoms with Gasteiger partial charge in [-0.3, -0.25) is 5.32 Å². The van der Waals surface area contributed by atoms with Gasteiger partial charge in [0.25, 0.3) is 0 Å². The Morgan fingerprint density at radius 3 is 3.07 bits per heavy atom. The summed E-state index contributed by atoms with van der Waals surface area (Å²) in [6.07, 6.45) is 2.39. The molecular weight excluding hydrogens is 210 g/mol. The summed E-state index contributed by atoms with van der Waals surface area (Å²) in [5.41, 5.74) is 1.47. The second-order valence-electron chi connectivity index (χ2n) is 4.10. The van der Waals surface area contributed by atoms with Gasteiger partial charge in [0.15, 0.2) is 0 Å². The van der Waals surface area contributed by atoms with Crippen molar-refractivity contribution in [3.05, 3.63) is 22.4 Å². The number of hydrogen-bond donors (Lipinski definition) is 1.